The molecule has 0 aliphatic rings. The summed E-state index contributed by atoms with van der Waals surface area (Å²) >= 11 is 0. The molecule has 0 saturated carbocycles. The number of aryl methyl sites for hydroxylation is 1. The van der Waals surface area contributed by atoms with E-state index in [9.17, 15) is 4.79 Å². The molecule has 24 heavy (non-hydrogen) atoms. The number of carbonyl (C=O) groups is 1. The number of para-hydroxylation sites is 1. The Hall–Kier alpha value is -3.14. The van der Waals surface area contributed by atoms with Gasteiger partial charge in [0, 0.05) is 40.8 Å². The lowest BCUT2D eigenvalue weighted by Crippen LogP contribution is -2.12. The van der Waals surface area contributed by atoms with Gasteiger partial charge in [0.05, 0.1) is 5.52 Å². The zero-order chi connectivity index (χ0) is 16.4. The first kappa shape index (κ1) is 14.5. The monoisotopic (exact) mass is 315 g/mol. The summed E-state index contributed by atoms with van der Waals surface area (Å²) in [7, 11) is 0. The lowest BCUT2D eigenvalue weighted by Gasteiger charge is -2.06. The number of carbonyl (C=O) groups excluding carboxylic acids is 1. The normalized spacial score (nSPS) is 11.0. The lowest BCUT2D eigenvalue weighted by atomic mass is 10.1. The highest BCUT2D eigenvalue weighted by atomic mass is 16.1. The van der Waals surface area contributed by atoms with E-state index in [0.29, 0.717) is 12.8 Å². The molecule has 4 heteroatoms. The van der Waals surface area contributed by atoms with E-state index < -0.39 is 0 Å². The fraction of sp³-hybridized carbons (Fsp3) is 0.100. The number of anilines is 1. The first-order valence-corrected chi connectivity index (χ1v) is 7.99. The Labute approximate surface area is 139 Å². The summed E-state index contributed by atoms with van der Waals surface area (Å²) < 4.78 is 0. The van der Waals surface area contributed by atoms with Crippen molar-refractivity contribution in [3.8, 4) is 0 Å². The van der Waals surface area contributed by atoms with Crippen LogP contribution < -0.4 is 5.32 Å². The average Bonchev–Trinajstić information content (AvgIpc) is 3.03. The molecule has 118 valence electrons. The summed E-state index contributed by atoms with van der Waals surface area (Å²) in [4.78, 5) is 19.8. The SMILES string of the molecule is O=C(CCc1c[nH]c2ccccc12)Nc1ccc2ncccc2c1. The second-order valence-corrected chi connectivity index (χ2v) is 5.82. The Balaban J connectivity index is 1.44. The van der Waals surface area contributed by atoms with Crippen molar-refractivity contribution < 1.29 is 4.79 Å². The number of aromatic nitrogens is 2. The maximum atomic E-state index is 12.2. The Bertz CT molecular complexity index is 1020. The molecule has 0 spiro atoms. The number of hydrogen-bond donors (Lipinski definition) is 2. The molecule has 2 aromatic heterocycles. The molecule has 0 aliphatic carbocycles. The number of nitrogens with zero attached hydrogens (tertiary/aromatic N) is 1. The minimum absolute atomic E-state index is 0.0171. The smallest absolute Gasteiger partial charge is 0.224 e. The van der Waals surface area contributed by atoms with Gasteiger partial charge in [-0.3, -0.25) is 9.78 Å². The number of rotatable bonds is 4. The first-order chi connectivity index (χ1) is 11.8. The summed E-state index contributed by atoms with van der Waals surface area (Å²) in [5.74, 6) is 0.0171. The van der Waals surface area contributed by atoms with E-state index in [-0.39, 0.29) is 5.91 Å². The van der Waals surface area contributed by atoms with Gasteiger partial charge in [-0.1, -0.05) is 24.3 Å². The van der Waals surface area contributed by atoms with Crippen LogP contribution in [0.15, 0.2) is 67.0 Å². The summed E-state index contributed by atoms with van der Waals surface area (Å²) in [6, 6.07) is 17.8. The maximum Gasteiger partial charge on any atom is 0.224 e. The molecule has 2 heterocycles. The summed E-state index contributed by atoms with van der Waals surface area (Å²) in [5.41, 5.74) is 4.01. The van der Waals surface area contributed by atoms with Crippen LogP contribution in [0.5, 0.6) is 0 Å². The molecule has 0 fully saturated rings. The Kier molecular flexibility index (Phi) is 3.71. The first-order valence-electron chi connectivity index (χ1n) is 7.99. The number of benzene rings is 2. The van der Waals surface area contributed by atoms with Crippen molar-refractivity contribution in [2.45, 2.75) is 12.8 Å². The van der Waals surface area contributed by atoms with E-state index in [1.807, 2.05) is 54.7 Å². The number of amides is 1. The van der Waals surface area contributed by atoms with Crippen LogP contribution in [0.25, 0.3) is 21.8 Å². The zero-order valence-corrected chi connectivity index (χ0v) is 13.1. The van der Waals surface area contributed by atoms with Crippen LogP contribution in [0.1, 0.15) is 12.0 Å². The van der Waals surface area contributed by atoms with E-state index in [2.05, 4.69) is 21.4 Å². The van der Waals surface area contributed by atoms with E-state index >= 15 is 0 Å². The molecule has 0 saturated heterocycles. The fourth-order valence-electron chi connectivity index (χ4n) is 2.96. The molecule has 0 aliphatic heterocycles. The number of pyridine rings is 1. The van der Waals surface area contributed by atoms with Crippen molar-refractivity contribution >= 4 is 33.4 Å². The highest BCUT2D eigenvalue weighted by Crippen LogP contribution is 2.20. The summed E-state index contributed by atoms with van der Waals surface area (Å²) in [5, 5.41) is 5.17. The van der Waals surface area contributed by atoms with Gasteiger partial charge in [0.1, 0.15) is 0 Å². The predicted molar refractivity (Wildman–Crippen MR) is 97.0 cm³/mol. The van der Waals surface area contributed by atoms with Gasteiger partial charge in [0.15, 0.2) is 0 Å². The molecule has 1 amide bonds. The molecule has 0 unspecified atom stereocenters. The molecule has 2 N–H and O–H groups in total. The molecule has 4 rings (SSSR count). The van der Waals surface area contributed by atoms with E-state index in [4.69, 9.17) is 0 Å². The fourth-order valence-corrected chi connectivity index (χ4v) is 2.96. The van der Waals surface area contributed by atoms with Crippen molar-refractivity contribution in [3.05, 3.63) is 72.6 Å². The quantitative estimate of drug-likeness (QED) is 0.590. The van der Waals surface area contributed by atoms with Crippen LogP contribution in [0, 0.1) is 0 Å². The van der Waals surface area contributed by atoms with Crippen LogP contribution in [-0.2, 0) is 11.2 Å². The second-order valence-electron chi connectivity index (χ2n) is 5.82. The molecule has 0 atom stereocenters. The van der Waals surface area contributed by atoms with Crippen molar-refractivity contribution in [3.63, 3.8) is 0 Å². The maximum absolute atomic E-state index is 12.2. The van der Waals surface area contributed by atoms with E-state index in [0.717, 1.165) is 22.1 Å². The molecular formula is C20H17N3O. The molecule has 4 nitrogen and oxygen atoms in total. The topological polar surface area (TPSA) is 57.8 Å². The van der Waals surface area contributed by atoms with Crippen molar-refractivity contribution in [1.82, 2.24) is 9.97 Å². The van der Waals surface area contributed by atoms with E-state index in [1.165, 1.54) is 10.9 Å². The third-order valence-electron chi connectivity index (χ3n) is 4.18. The predicted octanol–water partition coefficient (Wildman–Crippen LogP) is 4.29. The van der Waals surface area contributed by atoms with Crippen molar-refractivity contribution in [2.75, 3.05) is 5.32 Å². The minimum Gasteiger partial charge on any atom is -0.361 e. The van der Waals surface area contributed by atoms with Crippen molar-refractivity contribution in [2.24, 2.45) is 0 Å². The van der Waals surface area contributed by atoms with Gasteiger partial charge in [0.25, 0.3) is 0 Å². The van der Waals surface area contributed by atoms with Crippen LogP contribution in [0.2, 0.25) is 0 Å². The number of fused-ring (bicyclic) bond motifs is 2. The van der Waals surface area contributed by atoms with Crippen molar-refractivity contribution in [1.29, 1.82) is 0 Å². The Morgan fingerprint density at radius 2 is 2.00 bits per heavy atom. The van der Waals surface area contributed by atoms with Crippen LogP contribution in [-0.4, -0.2) is 15.9 Å². The largest absolute Gasteiger partial charge is 0.361 e. The molecule has 0 bridgehead atoms. The molecule has 4 aromatic rings. The Morgan fingerprint density at radius 3 is 2.96 bits per heavy atom. The number of H-pyrrole nitrogens is 1. The highest BCUT2D eigenvalue weighted by molar-refractivity contribution is 5.94. The van der Waals surface area contributed by atoms with Gasteiger partial charge < -0.3 is 10.3 Å². The number of nitrogens with one attached hydrogen (secondary N) is 2. The third kappa shape index (κ3) is 2.86. The molecular weight excluding hydrogens is 298 g/mol. The summed E-state index contributed by atoms with van der Waals surface area (Å²) in [6.45, 7) is 0. The van der Waals surface area contributed by atoms with Crippen LogP contribution in [0.3, 0.4) is 0 Å². The second kappa shape index (κ2) is 6.16. The summed E-state index contributed by atoms with van der Waals surface area (Å²) in [6.07, 6.45) is 4.92. The van der Waals surface area contributed by atoms with Gasteiger partial charge in [-0.2, -0.15) is 0 Å². The number of aromatic amines is 1. The zero-order valence-electron chi connectivity index (χ0n) is 13.1. The van der Waals surface area contributed by atoms with Gasteiger partial charge in [-0.15, -0.1) is 0 Å². The third-order valence-corrected chi connectivity index (χ3v) is 4.18. The molecule has 0 radical (unpaired) electrons. The van der Waals surface area contributed by atoms with Crippen LogP contribution in [0.4, 0.5) is 5.69 Å². The lowest BCUT2D eigenvalue weighted by molar-refractivity contribution is -0.116. The van der Waals surface area contributed by atoms with Gasteiger partial charge in [0.2, 0.25) is 5.91 Å². The molecule has 2 aromatic carbocycles. The number of hydrogen-bond acceptors (Lipinski definition) is 2. The average molecular weight is 315 g/mol. The van der Waals surface area contributed by atoms with E-state index in [1.54, 1.807) is 6.20 Å². The Morgan fingerprint density at radius 1 is 1.08 bits per heavy atom. The van der Waals surface area contributed by atoms with Gasteiger partial charge in [-0.05, 0) is 42.3 Å². The standard InChI is InChI=1S/C20H17N3O/c24-20(10-7-15-13-22-19-6-2-1-5-17(15)19)23-16-8-9-18-14(12-16)4-3-11-21-18/h1-6,8-9,11-13,22H,7,10H2,(H,23,24). The highest BCUT2D eigenvalue weighted by Gasteiger charge is 2.07. The van der Waals surface area contributed by atoms with Gasteiger partial charge >= 0.3 is 0 Å². The minimum atomic E-state index is 0.0171. The van der Waals surface area contributed by atoms with Crippen LogP contribution >= 0.6 is 0 Å². The van der Waals surface area contributed by atoms with Gasteiger partial charge in [-0.25, -0.2) is 0 Å².